The van der Waals surface area contributed by atoms with Gasteiger partial charge in [0, 0.05) is 48.1 Å². The lowest BCUT2D eigenvalue weighted by Gasteiger charge is -2.28. The summed E-state index contributed by atoms with van der Waals surface area (Å²) in [6, 6.07) is 83.5. The molecule has 0 spiro atoms. The van der Waals surface area contributed by atoms with Gasteiger partial charge in [-0.05, 0) is 150 Å². The van der Waals surface area contributed by atoms with Gasteiger partial charge >= 0.3 is 0 Å². The molecule has 1 aromatic heterocycles. The van der Waals surface area contributed by atoms with E-state index >= 15 is 0 Å². The predicted molar refractivity (Wildman–Crippen MR) is 291 cm³/mol. The quantitative estimate of drug-likeness (QED) is 0.154. The molecule has 2 aliphatic rings. The van der Waals surface area contributed by atoms with E-state index in [9.17, 15) is 0 Å². The average Bonchev–Trinajstić information content (AvgIpc) is 3.95. The lowest BCUT2D eigenvalue weighted by atomic mass is 9.77. The molecule has 0 N–H and O–H groups in total. The molecule has 2 aliphatic carbocycles. The Balaban J connectivity index is 0.891. The van der Waals surface area contributed by atoms with Crippen molar-refractivity contribution in [2.75, 3.05) is 4.90 Å². The lowest BCUT2D eigenvalue weighted by molar-refractivity contribution is 0.653. The van der Waals surface area contributed by atoms with Crippen LogP contribution in [0, 0.1) is 0 Å². The number of thiophene rings is 1. The summed E-state index contributed by atoms with van der Waals surface area (Å²) in [5.74, 6) is 0. The average molecular weight is 888 g/mol. The number of nitrogens with zero attached hydrogens (tertiary/aromatic N) is 1. The van der Waals surface area contributed by atoms with Crippen molar-refractivity contribution >= 4 is 48.6 Å². The van der Waals surface area contributed by atoms with E-state index in [1.54, 1.807) is 0 Å². The van der Waals surface area contributed by atoms with Gasteiger partial charge in [0.1, 0.15) is 0 Å². The van der Waals surface area contributed by atoms with E-state index in [0.717, 1.165) is 17.1 Å². The smallest absolute Gasteiger partial charge is 0.0465 e. The molecule has 0 aliphatic heterocycles. The van der Waals surface area contributed by atoms with Gasteiger partial charge in [-0.3, -0.25) is 0 Å². The highest BCUT2D eigenvalue weighted by atomic mass is 32.1. The van der Waals surface area contributed by atoms with E-state index in [1.807, 2.05) is 11.3 Å². The molecule has 11 aromatic rings. The molecule has 0 bridgehead atoms. The first-order valence-electron chi connectivity index (χ1n) is 23.8. The molecule has 2 heteroatoms. The van der Waals surface area contributed by atoms with Crippen LogP contribution in [0.1, 0.15) is 49.9 Å². The summed E-state index contributed by atoms with van der Waals surface area (Å²) in [7, 11) is 0. The zero-order valence-corrected chi connectivity index (χ0v) is 39.5. The lowest BCUT2D eigenvalue weighted by Crippen LogP contribution is -2.18. The van der Waals surface area contributed by atoms with Gasteiger partial charge in [-0.15, -0.1) is 11.3 Å². The largest absolute Gasteiger partial charge is 0.310 e. The Kier molecular flexibility index (Phi) is 9.16. The molecule has 13 rings (SSSR count). The van der Waals surface area contributed by atoms with E-state index in [-0.39, 0.29) is 10.8 Å². The molecular formula is C66H49NS. The van der Waals surface area contributed by atoms with Crippen molar-refractivity contribution in [3.8, 4) is 66.8 Å². The minimum absolute atomic E-state index is 0.151. The van der Waals surface area contributed by atoms with Crippen molar-refractivity contribution in [2.24, 2.45) is 0 Å². The van der Waals surface area contributed by atoms with Crippen LogP contribution in [-0.2, 0) is 10.8 Å². The Hall–Kier alpha value is -7.78. The second kappa shape index (κ2) is 15.4. The van der Waals surface area contributed by atoms with Gasteiger partial charge in [-0.1, -0.05) is 191 Å². The van der Waals surface area contributed by atoms with Gasteiger partial charge in [0.15, 0.2) is 0 Å². The Bertz CT molecular complexity index is 3740. The minimum Gasteiger partial charge on any atom is -0.310 e. The molecule has 10 aromatic carbocycles. The summed E-state index contributed by atoms with van der Waals surface area (Å²) < 4.78 is 2.65. The Labute approximate surface area is 403 Å². The van der Waals surface area contributed by atoms with E-state index < -0.39 is 0 Å². The topological polar surface area (TPSA) is 3.24 Å². The molecule has 1 nitrogen and oxygen atoms in total. The number of hydrogen-bond acceptors (Lipinski definition) is 2. The normalized spacial score (nSPS) is 13.8. The Morgan fingerprint density at radius 3 is 1.43 bits per heavy atom. The van der Waals surface area contributed by atoms with Crippen molar-refractivity contribution in [1.29, 1.82) is 0 Å². The van der Waals surface area contributed by atoms with Crippen LogP contribution in [-0.4, -0.2) is 0 Å². The van der Waals surface area contributed by atoms with Gasteiger partial charge < -0.3 is 4.90 Å². The molecule has 0 amide bonds. The fourth-order valence-corrected chi connectivity index (χ4v) is 12.7. The second-order valence-electron chi connectivity index (χ2n) is 19.7. The van der Waals surface area contributed by atoms with Crippen molar-refractivity contribution in [2.45, 2.75) is 38.5 Å². The van der Waals surface area contributed by atoms with Crippen LogP contribution in [0.3, 0.4) is 0 Å². The second-order valence-corrected chi connectivity index (χ2v) is 20.8. The van der Waals surface area contributed by atoms with Gasteiger partial charge in [-0.2, -0.15) is 0 Å². The Morgan fingerprint density at radius 2 is 0.765 bits per heavy atom. The first kappa shape index (κ1) is 40.5. The van der Waals surface area contributed by atoms with Crippen LogP contribution in [0.25, 0.3) is 86.9 Å². The third kappa shape index (κ3) is 6.35. The number of benzene rings is 10. The third-order valence-electron chi connectivity index (χ3n) is 15.1. The van der Waals surface area contributed by atoms with E-state index in [2.05, 4.69) is 257 Å². The van der Waals surface area contributed by atoms with Gasteiger partial charge in [0.2, 0.25) is 0 Å². The third-order valence-corrected chi connectivity index (χ3v) is 16.2. The zero-order valence-electron chi connectivity index (χ0n) is 38.7. The standard InChI is InChI=1S/C66H49NS/c1-65(2)59-39-51(35-37-53(59)57-40-61-58(41-60(57)65)56-20-13-19-52(64(56)66(61,3)4)47-16-9-6-10-17-47)67(49-31-26-45(27-32-49)44-24-22-43(23-25-44)42-14-7-5-8-15-42)50-33-28-46(29-34-50)48-30-36-55-54-18-11-12-21-62(54)68-63(55)38-48/h5-41H,1-4H3. The molecule has 0 radical (unpaired) electrons. The maximum absolute atomic E-state index is 2.53. The van der Waals surface area contributed by atoms with Crippen LogP contribution >= 0.6 is 11.3 Å². The highest BCUT2D eigenvalue weighted by molar-refractivity contribution is 7.25. The van der Waals surface area contributed by atoms with Crippen LogP contribution in [0.2, 0.25) is 0 Å². The number of rotatable bonds is 7. The summed E-state index contributed by atoms with van der Waals surface area (Å²) in [6.45, 7) is 9.66. The van der Waals surface area contributed by atoms with Crippen LogP contribution in [0.15, 0.2) is 224 Å². The summed E-state index contributed by atoms with van der Waals surface area (Å²) in [5.41, 5.74) is 23.9. The van der Waals surface area contributed by atoms with Gasteiger partial charge in [0.25, 0.3) is 0 Å². The minimum atomic E-state index is -0.212. The highest BCUT2D eigenvalue weighted by Crippen LogP contribution is 2.58. The summed E-state index contributed by atoms with van der Waals surface area (Å²) in [6.07, 6.45) is 0. The highest BCUT2D eigenvalue weighted by Gasteiger charge is 2.43. The molecule has 0 unspecified atom stereocenters. The van der Waals surface area contributed by atoms with Crippen molar-refractivity contribution < 1.29 is 0 Å². The van der Waals surface area contributed by atoms with E-state index in [1.165, 1.54) is 109 Å². The molecule has 0 saturated heterocycles. The number of fused-ring (bicyclic) bond motifs is 9. The summed E-state index contributed by atoms with van der Waals surface area (Å²) in [4.78, 5) is 2.44. The van der Waals surface area contributed by atoms with Crippen LogP contribution < -0.4 is 4.90 Å². The monoisotopic (exact) mass is 887 g/mol. The first-order valence-corrected chi connectivity index (χ1v) is 24.6. The fraction of sp³-hybridized carbons (Fsp3) is 0.0909. The molecule has 0 atom stereocenters. The van der Waals surface area contributed by atoms with Crippen molar-refractivity contribution in [3.05, 3.63) is 247 Å². The number of hydrogen-bond donors (Lipinski definition) is 0. The molecule has 0 fully saturated rings. The molecule has 0 saturated carbocycles. The molecule has 324 valence electrons. The first-order chi connectivity index (χ1) is 33.2. The predicted octanol–water partition coefficient (Wildman–Crippen LogP) is 18.8. The SMILES string of the molecule is CC1(C)c2cc(N(c3ccc(-c4ccc(-c5ccccc5)cc4)cc3)c3ccc(-c4ccc5c(c4)sc4ccccc45)cc3)ccc2-c2cc3c(cc21)-c1cccc(-c2ccccc2)c1C3(C)C. The van der Waals surface area contributed by atoms with Gasteiger partial charge in [-0.25, -0.2) is 0 Å². The van der Waals surface area contributed by atoms with Crippen LogP contribution in [0.4, 0.5) is 17.1 Å². The maximum Gasteiger partial charge on any atom is 0.0465 e. The summed E-state index contributed by atoms with van der Waals surface area (Å²) >= 11 is 1.87. The molecule has 1 heterocycles. The van der Waals surface area contributed by atoms with Crippen molar-refractivity contribution in [3.63, 3.8) is 0 Å². The molecule has 68 heavy (non-hydrogen) atoms. The van der Waals surface area contributed by atoms with E-state index in [0.29, 0.717) is 0 Å². The van der Waals surface area contributed by atoms with E-state index in [4.69, 9.17) is 0 Å². The maximum atomic E-state index is 2.53. The summed E-state index contributed by atoms with van der Waals surface area (Å²) in [5, 5.41) is 2.65. The number of anilines is 3. The van der Waals surface area contributed by atoms with Gasteiger partial charge in [0.05, 0.1) is 0 Å². The van der Waals surface area contributed by atoms with Crippen LogP contribution in [0.5, 0.6) is 0 Å². The van der Waals surface area contributed by atoms with Crippen molar-refractivity contribution in [1.82, 2.24) is 0 Å². The fourth-order valence-electron chi connectivity index (χ4n) is 11.5. The Morgan fingerprint density at radius 1 is 0.294 bits per heavy atom. The zero-order chi connectivity index (χ0) is 45.7. The molecular weight excluding hydrogens is 839 g/mol.